The predicted octanol–water partition coefficient (Wildman–Crippen LogP) is 4.18. The largest absolute Gasteiger partial charge is 0.483 e. The first-order valence-corrected chi connectivity index (χ1v) is 9.22. The van der Waals surface area contributed by atoms with E-state index in [2.05, 4.69) is 11.4 Å². The summed E-state index contributed by atoms with van der Waals surface area (Å²) in [5.41, 5.74) is 1.95. The van der Waals surface area contributed by atoms with Crippen LogP contribution in [0.4, 0.5) is 5.69 Å². The number of benzene rings is 2. The van der Waals surface area contributed by atoms with E-state index < -0.39 is 0 Å². The van der Waals surface area contributed by atoms with Gasteiger partial charge >= 0.3 is 0 Å². The van der Waals surface area contributed by atoms with Crippen LogP contribution in [0, 0.1) is 0 Å². The molecule has 0 unspecified atom stereocenters. The average molecular weight is 331 g/mol. The van der Waals surface area contributed by atoms with Crippen molar-refractivity contribution in [1.82, 2.24) is 0 Å². The van der Waals surface area contributed by atoms with E-state index in [1.165, 1.54) is 5.56 Å². The molecule has 1 amide bonds. The fourth-order valence-electron chi connectivity index (χ4n) is 2.21. The van der Waals surface area contributed by atoms with Crippen molar-refractivity contribution in [1.29, 1.82) is 0 Å². The Morgan fingerprint density at radius 1 is 1.05 bits per heavy atom. The Hall–Kier alpha value is -1.59. The summed E-state index contributed by atoms with van der Waals surface area (Å²) < 4.78 is 6.16. The van der Waals surface area contributed by atoms with Gasteiger partial charge in [-0.05, 0) is 18.2 Å². The molecular formula is C17H17NO2S2. The summed E-state index contributed by atoms with van der Waals surface area (Å²) >= 11 is 3.86. The molecule has 1 fully saturated rings. The van der Waals surface area contributed by atoms with E-state index in [1.54, 1.807) is 0 Å². The van der Waals surface area contributed by atoms with E-state index in [0.717, 1.165) is 22.9 Å². The van der Waals surface area contributed by atoms with Crippen LogP contribution in [0.25, 0.3) is 0 Å². The first-order valence-electron chi connectivity index (χ1n) is 7.13. The zero-order valence-corrected chi connectivity index (χ0v) is 13.7. The summed E-state index contributed by atoms with van der Waals surface area (Å²) in [5.74, 6) is 2.99. The molecule has 0 saturated carbocycles. The highest BCUT2D eigenvalue weighted by Crippen LogP contribution is 2.48. The Labute approximate surface area is 138 Å². The standard InChI is InChI=1S/C17H17NO2S2/c19-16(18-13-6-2-1-3-7-13)12-20-15-9-5-4-8-14(15)17-21-10-11-22-17/h1-9,17H,10-12H2,(H,18,19). The van der Waals surface area contributed by atoms with E-state index >= 15 is 0 Å². The quantitative estimate of drug-likeness (QED) is 0.892. The number of carbonyl (C=O) groups is 1. The van der Waals surface area contributed by atoms with Crippen LogP contribution >= 0.6 is 23.5 Å². The number of anilines is 1. The summed E-state index contributed by atoms with van der Waals surface area (Å²) in [6, 6.07) is 17.4. The van der Waals surface area contributed by atoms with Crippen molar-refractivity contribution in [2.24, 2.45) is 0 Å². The molecule has 0 aromatic heterocycles. The number of rotatable bonds is 5. The zero-order valence-electron chi connectivity index (χ0n) is 12.0. The molecule has 3 nitrogen and oxygen atoms in total. The van der Waals surface area contributed by atoms with Crippen LogP contribution in [0.15, 0.2) is 54.6 Å². The third-order valence-corrected chi connectivity index (χ3v) is 6.28. The van der Waals surface area contributed by atoms with Gasteiger partial charge in [-0.25, -0.2) is 0 Å². The molecule has 1 heterocycles. The minimum absolute atomic E-state index is 0.0218. The molecule has 114 valence electrons. The van der Waals surface area contributed by atoms with Gasteiger partial charge in [0.25, 0.3) is 5.91 Å². The second-order valence-corrected chi connectivity index (χ2v) is 7.54. The minimum Gasteiger partial charge on any atom is -0.483 e. The molecule has 1 aliphatic heterocycles. The number of nitrogens with one attached hydrogen (secondary N) is 1. The zero-order chi connectivity index (χ0) is 15.2. The summed E-state index contributed by atoms with van der Waals surface area (Å²) in [4.78, 5) is 12.0. The molecule has 0 spiro atoms. The van der Waals surface area contributed by atoms with Crippen molar-refractivity contribution in [3.63, 3.8) is 0 Å². The van der Waals surface area contributed by atoms with Gasteiger partial charge in [-0.2, -0.15) is 0 Å². The number of hydrogen-bond acceptors (Lipinski definition) is 4. The van der Waals surface area contributed by atoms with Gasteiger partial charge in [-0.3, -0.25) is 4.79 Å². The minimum atomic E-state index is -0.146. The number of para-hydroxylation sites is 2. The van der Waals surface area contributed by atoms with Crippen molar-refractivity contribution in [3.8, 4) is 5.75 Å². The van der Waals surface area contributed by atoms with Crippen molar-refractivity contribution < 1.29 is 9.53 Å². The highest BCUT2D eigenvalue weighted by Gasteiger charge is 2.21. The van der Waals surface area contributed by atoms with Gasteiger partial charge < -0.3 is 10.1 Å². The topological polar surface area (TPSA) is 38.3 Å². The number of carbonyl (C=O) groups excluding carboxylic acids is 1. The maximum absolute atomic E-state index is 12.0. The molecular weight excluding hydrogens is 314 g/mol. The van der Waals surface area contributed by atoms with Crippen LogP contribution < -0.4 is 10.1 Å². The van der Waals surface area contributed by atoms with Crippen LogP contribution in [0.2, 0.25) is 0 Å². The molecule has 3 rings (SSSR count). The molecule has 0 atom stereocenters. The molecule has 22 heavy (non-hydrogen) atoms. The van der Waals surface area contributed by atoms with Crippen molar-refractivity contribution >= 4 is 35.1 Å². The van der Waals surface area contributed by atoms with Crippen LogP contribution in [0.3, 0.4) is 0 Å². The molecule has 1 N–H and O–H groups in total. The molecule has 1 saturated heterocycles. The van der Waals surface area contributed by atoms with E-state index in [-0.39, 0.29) is 12.5 Å². The van der Waals surface area contributed by atoms with E-state index in [1.807, 2.05) is 72.1 Å². The van der Waals surface area contributed by atoms with E-state index in [9.17, 15) is 4.79 Å². The van der Waals surface area contributed by atoms with Crippen LogP contribution in [-0.2, 0) is 4.79 Å². The molecule has 0 aliphatic carbocycles. The monoisotopic (exact) mass is 331 g/mol. The van der Waals surface area contributed by atoms with Gasteiger partial charge in [-0.15, -0.1) is 23.5 Å². The lowest BCUT2D eigenvalue weighted by molar-refractivity contribution is -0.118. The fraction of sp³-hybridized carbons (Fsp3) is 0.235. The molecule has 2 aromatic rings. The third kappa shape index (κ3) is 3.99. The first kappa shape index (κ1) is 15.3. The molecule has 5 heteroatoms. The lowest BCUT2D eigenvalue weighted by Gasteiger charge is -2.15. The van der Waals surface area contributed by atoms with Gasteiger partial charge in [0.2, 0.25) is 0 Å². The molecule has 1 aliphatic rings. The fourth-order valence-corrected chi connectivity index (χ4v) is 5.12. The van der Waals surface area contributed by atoms with Gasteiger partial charge in [0.05, 0.1) is 4.58 Å². The van der Waals surface area contributed by atoms with Crippen molar-refractivity contribution in [2.45, 2.75) is 4.58 Å². The lowest BCUT2D eigenvalue weighted by Crippen LogP contribution is -2.20. The van der Waals surface area contributed by atoms with Crippen molar-refractivity contribution in [3.05, 3.63) is 60.2 Å². The van der Waals surface area contributed by atoms with Crippen LogP contribution in [-0.4, -0.2) is 24.0 Å². The lowest BCUT2D eigenvalue weighted by atomic mass is 10.2. The SMILES string of the molecule is O=C(COc1ccccc1C1SCCS1)Nc1ccccc1. The normalized spacial score (nSPS) is 14.7. The smallest absolute Gasteiger partial charge is 0.262 e. The van der Waals surface area contributed by atoms with Gasteiger partial charge in [0.1, 0.15) is 5.75 Å². The van der Waals surface area contributed by atoms with E-state index in [0.29, 0.717) is 4.58 Å². The Morgan fingerprint density at radius 2 is 1.73 bits per heavy atom. The highest BCUT2D eigenvalue weighted by molar-refractivity contribution is 8.19. The Kier molecular flexibility index (Phi) is 5.29. The summed E-state index contributed by atoms with van der Waals surface area (Å²) in [6.07, 6.45) is 0. The Bertz CT molecular complexity index is 628. The van der Waals surface area contributed by atoms with Gasteiger partial charge in [0.15, 0.2) is 6.61 Å². The van der Waals surface area contributed by atoms with Crippen molar-refractivity contribution in [2.75, 3.05) is 23.4 Å². The summed E-state index contributed by atoms with van der Waals surface area (Å²) in [5, 5.41) is 2.83. The first-order chi connectivity index (χ1) is 10.8. The second-order valence-electron chi connectivity index (χ2n) is 4.81. The molecule has 0 radical (unpaired) electrons. The Balaban J connectivity index is 1.60. The molecule has 2 aromatic carbocycles. The summed E-state index contributed by atoms with van der Waals surface area (Å²) in [6.45, 7) is 0.0218. The maximum atomic E-state index is 12.0. The number of ether oxygens (including phenoxy) is 1. The van der Waals surface area contributed by atoms with Gasteiger partial charge in [-0.1, -0.05) is 36.4 Å². The highest BCUT2D eigenvalue weighted by atomic mass is 32.2. The average Bonchev–Trinajstić information content (AvgIpc) is 3.08. The van der Waals surface area contributed by atoms with Crippen LogP contribution in [0.5, 0.6) is 5.75 Å². The summed E-state index contributed by atoms with van der Waals surface area (Å²) in [7, 11) is 0. The van der Waals surface area contributed by atoms with Crippen LogP contribution in [0.1, 0.15) is 10.1 Å². The van der Waals surface area contributed by atoms with Gasteiger partial charge in [0, 0.05) is 22.8 Å². The Morgan fingerprint density at radius 3 is 2.50 bits per heavy atom. The second kappa shape index (κ2) is 7.61. The maximum Gasteiger partial charge on any atom is 0.262 e. The van der Waals surface area contributed by atoms with E-state index in [4.69, 9.17) is 4.74 Å². The number of amides is 1. The molecule has 0 bridgehead atoms. The number of hydrogen-bond donors (Lipinski definition) is 1. The third-order valence-electron chi connectivity index (χ3n) is 3.21. The number of thioether (sulfide) groups is 2. The predicted molar refractivity (Wildman–Crippen MR) is 94.7 cm³/mol.